The Balaban J connectivity index is 1.71. The van der Waals surface area contributed by atoms with Gasteiger partial charge in [0.2, 0.25) is 0 Å². The third kappa shape index (κ3) is 5.31. The Kier molecular flexibility index (Phi) is 6.34. The molecule has 1 fully saturated rings. The molecule has 19 heavy (non-hydrogen) atoms. The summed E-state index contributed by atoms with van der Waals surface area (Å²) < 4.78 is 5.08. The fourth-order valence-corrected chi connectivity index (χ4v) is 2.73. The molecule has 1 aromatic carbocycles. The van der Waals surface area contributed by atoms with Crippen molar-refractivity contribution in [3.8, 4) is 0 Å². The van der Waals surface area contributed by atoms with Crippen molar-refractivity contribution in [3.05, 3.63) is 35.9 Å². The maximum atomic E-state index is 5.08. The van der Waals surface area contributed by atoms with E-state index in [0.717, 1.165) is 26.1 Å². The van der Waals surface area contributed by atoms with E-state index < -0.39 is 0 Å². The van der Waals surface area contributed by atoms with Crippen LogP contribution in [0.4, 0.5) is 0 Å². The largest absolute Gasteiger partial charge is 0.385 e. The number of piperidine rings is 1. The molecule has 1 N–H and O–H groups in total. The number of nitrogens with one attached hydrogen (secondary N) is 1. The molecule has 1 unspecified atom stereocenters. The lowest BCUT2D eigenvalue weighted by molar-refractivity contribution is 0.172. The molecular formula is C16H26N2O. The predicted molar refractivity (Wildman–Crippen MR) is 79.2 cm³/mol. The van der Waals surface area contributed by atoms with Crippen LogP contribution in [-0.4, -0.2) is 44.3 Å². The van der Waals surface area contributed by atoms with Crippen LogP contribution in [0.1, 0.15) is 24.8 Å². The number of likely N-dealkylation sites (tertiary alicyclic amines) is 1. The Hall–Kier alpha value is -0.900. The molecule has 0 spiro atoms. The zero-order valence-electron chi connectivity index (χ0n) is 12.0. The van der Waals surface area contributed by atoms with Gasteiger partial charge in [0, 0.05) is 32.8 Å². The number of methoxy groups -OCH3 is 1. The van der Waals surface area contributed by atoms with Crippen molar-refractivity contribution in [2.45, 2.75) is 31.8 Å². The average Bonchev–Trinajstić information content (AvgIpc) is 2.45. The summed E-state index contributed by atoms with van der Waals surface area (Å²) in [5.41, 5.74) is 1.42. The van der Waals surface area contributed by atoms with E-state index in [9.17, 15) is 0 Å². The van der Waals surface area contributed by atoms with E-state index in [2.05, 4.69) is 40.5 Å². The first-order valence-electron chi connectivity index (χ1n) is 7.37. The molecule has 0 aliphatic carbocycles. The summed E-state index contributed by atoms with van der Waals surface area (Å²) in [6.45, 7) is 5.40. The van der Waals surface area contributed by atoms with E-state index in [4.69, 9.17) is 4.74 Å². The third-order valence-corrected chi connectivity index (χ3v) is 3.71. The van der Waals surface area contributed by atoms with Crippen LogP contribution in [0.2, 0.25) is 0 Å². The van der Waals surface area contributed by atoms with Crippen molar-refractivity contribution < 1.29 is 4.74 Å². The van der Waals surface area contributed by atoms with Crippen molar-refractivity contribution in [1.82, 2.24) is 10.2 Å². The molecular weight excluding hydrogens is 236 g/mol. The van der Waals surface area contributed by atoms with E-state index in [1.165, 1.54) is 31.5 Å². The second-order valence-electron chi connectivity index (χ2n) is 5.36. The van der Waals surface area contributed by atoms with Gasteiger partial charge >= 0.3 is 0 Å². The van der Waals surface area contributed by atoms with Crippen LogP contribution in [0, 0.1) is 0 Å². The van der Waals surface area contributed by atoms with Crippen molar-refractivity contribution in [2.75, 3.05) is 33.4 Å². The quantitative estimate of drug-likeness (QED) is 0.763. The number of hydrogen-bond donors (Lipinski definition) is 1. The van der Waals surface area contributed by atoms with Gasteiger partial charge in [0.1, 0.15) is 0 Å². The molecule has 1 aliphatic heterocycles. The Labute approximate surface area is 116 Å². The summed E-state index contributed by atoms with van der Waals surface area (Å²) in [4.78, 5) is 2.56. The van der Waals surface area contributed by atoms with Crippen LogP contribution in [0.3, 0.4) is 0 Å². The van der Waals surface area contributed by atoms with Crippen LogP contribution < -0.4 is 5.32 Å². The fourth-order valence-electron chi connectivity index (χ4n) is 2.73. The van der Waals surface area contributed by atoms with E-state index >= 15 is 0 Å². The minimum atomic E-state index is 0.648. The van der Waals surface area contributed by atoms with Gasteiger partial charge in [0.25, 0.3) is 0 Å². The first kappa shape index (κ1) is 14.5. The van der Waals surface area contributed by atoms with Gasteiger partial charge in [0.05, 0.1) is 0 Å². The van der Waals surface area contributed by atoms with Crippen molar-refractivity contribution in [1.29, 1.82) is 0 Å². The summed E-state index contributed by atoms with van der Waals surface area (Å²) in [5, 5.41) is 3.65. The van der Waals surface area contributed by atoms with Crippen LogP contribution in [-0.2, 0) is 11.3 Å². The van der Waals surface area contributed by atoms with Crippen molar-refractivity contribution in [3.63, 3.8) is 0 Å². The molecule has 3 heteroatoms. The van der Waals surface area contributed by atoms with Gasteiger partial charge in [-0.3, -0.25) is 4.90 Å². The van der Waals surface area contributed by atoms with Crippen LogP contribution >= 0.6 is 0 Å². The molecule has 0 radical (unpaired) electrons. The normalized spacial score (nSPS) is 20.6. The van der Waals surface area contributed by atoms with Gasteiger partial charge in [0.15, 0.2) is 0 Å². The zero-order valence-corrected chi connectivity index (χ0v) is 12.0. The summed E-state index contributed by atoms with van der Waals surface area (Å²) >= 11 is 0. The highest BCUT2D eigenvalue weighted by Crippen LogP contribution is 2.13. The lowest BCUT2D eigenvalue weighted by Crippen LogP contribution is -2.45. The maximum Gasteiger partial charge on any atom is 0.0474 e. The number of rotatable bonds is 7. The van der Waals surface area contributed by atoms with Gasteiger partial charge < -0.3 is 10.1 Å². The molecule has 0 bridgehead atoms. The van der Waals surface area contributed by atoms with Gasteiger partial charge in [-0.1, -0.05) is 30.3 Å². The van der Waals surface area contributed by atoms with Crippen molar-refractivity contribution >= 4 is 0 Å². The predicted octanol–water partition coefficient (Wildman–Crippen LogP) is 2.28. The first-order chi connectivity index (χ1) is 9.38. The molecule has 1 atom stereocenters. The lowest BCUT2D eigenvalue weighted by atomic mass is 10.0. The van der Waals surface area contributed by atoms with E-state index in [1.807, 2.05) is 0 Å². The standard InChI is InChI=1S/C16H26N2O/c1-19-12-6-10-17-16-9-5-11-18(14-16)13-15-7-3-2-4-8-15/h2-4,7-8,16-17H,5-6,9-14H2,1H3. The molecule has 1 heterocycles. The summed E-state index contributed by atoms with van der Waals surface area (Å²) in [6.07, 6.45) is 3.71. The highest BCUT2D eigenvalue weighted by molar-refractivity contribution is 5.14. The molecule has 1 aromatic rings. The van der Waals surface area contributed by atoms with Gasteiger partial charge in [-0.15, -0.1) is 0 Å². The topological polar surface area (TPSA) is 24.5 Å². The Morgan fingerprint density at radius 3 is 2.95 bits per heavy atom. The lowest BCUT2D eigenvalue weighted by Gasteiger charge is -2.33. The second kappa shape index (κ2) is 8.31. The third-order valence-electron chi connectivity index (χ3n) is 3.71. The number of ether oxygens (including phenoxy) is 1. The Morgan fingerprint density at radius 1 is 1.32 bits per heavy atom. The van der Waals surface area contributed by atoms with E-state index in [-0.39, 0.29) is 0 Å². The monoisotopic (exact) mass is 262 g/mol. The smallest absolute Gasteiger partial charge is 0.0474 e. The van der Waals surface area contributed by atoms with E-state index in [0.29, 0.717) is 6.04 Å². The first-order valence-corrected chi connectivity index (χ1v) is 7.37. The molecule has 0 amide bonds. The van der Waals surface area contributed by atoms with Crippen LogP contribution in [0.15, 0.2) is 30.3 Å². The van der Waals surface area contributed by atoms with E-state index in [1.54, 1.807) is 7.11 Å². The molecule has 1 saturated heterocycles. The molecule has 3 nitrogen and oxygen atoms in total. The minimum absolute atomic E-state index is 0.648. The Morgan fingerprint density at radius 2 is 2.16 bits per heavy atom. The van der Waals surface area contributed by atoms with Gasteiger partial charge in [-0.25, -0.2) is 0 Å². The SMILES string of the molecule is COCCCNC1CCCN(Cc2ccccc2)C1. The molecule has 0 saturated carbocycles. The molecule has 106 valence electrons. The molecule has 2 rings (SSSR count). The van der Waals surface area contributed by atoms with Gasteiger partial charge in [-0.05, 0) is 37.9 Å². The second-order valence-corrected chi connectivity index (χ2v) is 5.36. The average molecular weight is 262 g/mol. The highest BCUT2D eigenvalue weighted by atomic mass is 16.5. The van der Waals surface area contributed by atoms with Crippen molar-refractivity contribution in [2.24, 2.45) is 0 Å². The summed E-state index contributed by atoms with van der Waals surface area (Å²) in [6, 6.07) is 11.4. The maximum absolute atomic E-state index is 5.08. The number of benzene rings is 1. The summed E-state index contributed by atoms with van der Waals surface area (Å²) in [7, 11) is 1.77. The molecule has 1 aliphatic rings. The zero-order chi connectivity index (χ0) is 13.3. The molecule has 0 aromatic heterocycles. The Bertz CT molecular complexity index is 342. The number of nitrogens with zero attached hydrogens (tertiary/aromatic N) is 1. The fraction of sp³-hybridized carbons (Fsp3) is 0.625. The van der Waals surface area contributed by atoms with Crippen LogP contribution in [0.5, 0.6) is 0 Å². The highest BCUT2D eigenvalue weighted by Gasteiger charge is 2.18. The minimum Gasteiger partial charge on any atom is -0.385 e. The number of hydrogen-bond acceptors (Lipinski definition) is 3. The van der Waals surface area contributed by atoms with Gasteiger partial charge in [-0.2, -0.15) is 0 Å². The summed E-state index contributed by atoms with van der Waals surface area (Å²) in [5.74, 6) is 0. The van der Waals surface area contributed by atoms with Crippen LogP contribution in [0.25, 0.3) is 0 Å².